The number of hydrogen-bond acceptors (Lipinski definition) is 3. The summed E-state index contributed by atoms with van der Waals surface area (Å²) in [5.41, 5.74) is -1.06. The number of piperidine rings is 1. The van der Waals surface area contributed by atoms with E-state index in [1.54, 1.807) is 0 Å². The Morgan fingerprint density at radius 1 is 1.19 bits per heavy atom. The highest BCUT2D eigenvalue weighted by molar-refractivity contribution is 5.82. The van der Waals surface area contributed by atoms with Gasteiger partial charge in [0, 0.05) is 44.8 Å². The van der Waals surface area contributed by atoms with Crippen LogP contribution in [0.3, 0.4) is 0 Å². The highest BCUT2D eigenvalue weighted by Gasteiger charge is 2.59. The molecule has 1 aromatic rings. The normalized spacial score (nSPS) is 28.8. The fourth-order valence-electron chi connectivity index (χ4n) is 4.50. The van der Waals surface area contributed by atoms with Crippen LogP contribution in [0.15, 0.2) is 18.2 Å². The van der Waals surface area contributed by atoms with Crippen LogP contribution in [0.1, 0.15) is 24.0 Å². The molecule has 1 aliphatic carbocycles. The second-order valence-corrected chi connectivity index (χ2v) is 7.68. The number of carbonyl (C=O) groups excluding carboxylic acids is 1. The number of halogens is 4. The molecule has 2 unspecified atom stereocenters. The molecule has 1 saturated carbocycles. The molecule has 2 saturated heterocycles. The summed E-state index contributed by atoms with van der Waals surface area (Å²) in [6, 6.07) is 3.36. The average molecular weight is 386 g/mol. The lowest BCUT2D eigenvalue weighted by Gasteiger charge is -2.32. The zero-order chi connectivity index (χ0) is 19.2. The maximum absolute atomic E-state index is 13.3. The molecule has 3 aliphatic rings. The van der Waals surface area contributed by atoms with E-state index in [0.29, 0.717) is 17.9 Å². The Bertz CT molecular complexity index is 706. The molecule has 1 N–H and O–H groups in total. The molecule has 148 valence electrons. The molecule has 8 heteroatoms. The minimum Gasteiger partial charge on any atom is -0.381 e. The van der Waals surface area contributed by atoms with Crippen LogP contribution in [0.2, 0.25) is 0 Å². The molecule has 1 amide bonds. The van der Waals surface area contributed by atoms with Gasteiger partial charge in [-0.2, -0.15) is 13.2 Å². The standard InChI is InChI=1S/C19H22F4N2O2/c20-16-2-1-11(7-15(16)19(21,22)23)8-24-18(26)17-13-9-25(10-14(13)17)12-3-5-27-6-4-12/h1-2,7,12-14,17H,3-6,8-10H2,(H,24,26). The SMILES string of the molecule is O=C(NCc1ccc(F)c(C(F)(F)F)c1)C1C2CN(C3CCOCC3)CC21. The monoisotopic (exact) mass is 386 g/mol. The predicted octanol–water partition coefficient (Wildman–Crippen LogP) is 2.82. The van der Waals surface area contributed by atoms with Gasteiger partial charge in [0.1, 0.15) is 5.82 Å². The summed E-state index contributed by atoms with van der Waals surface area (Å²) in [7, 11) is 0. The van der Waals surface area contributed by atoms with E-state index < -0.39 is 17.6 Å². The van der Waals surface area contributed by atoms with Crippen molar-refractivity contribution >= 4 is 5.91 Å². The molecule has 3 fully saturated rings. The second-order valence-electron chi connectivity index (χ2n) is 7.68. The van der Waals surface area contributed by atoms with E-state index in [9.17, 15) is 22.4 Å². The molecule has 27 heavy (non-hydrogen) atoms. The Kier molecular flexibility index (Phi) is 4.88. The summed E-state index contributed by atoms with van der Waals surface area (Å²) in [5, 5.41) is 2.71. The Labute approximate surface area is 154 Å². The fraction of sp³-hybridized carbons (Fsp3) is 0.632. The molecule has 0 radical (unpaired) electrons. The van der Waals surface area contributed by atoms with Crippen molar-refractivity contribution in [2.24, 2.45) is 17.8 Å². The largest absolute Gasteiger partial charge is 0.419 e. The zero-order valence-electron chi connectivity index (χ0n) is 14.8. The maximum atomic E-state index is 13.3. The van der Waals surface area contributed by atoms with Crippen LogP contribution < -0.4 is 5.32 Å². The molecule has 2 heterocycles. The minimum atomic E-state index is -4.74. The molecular weight excluding hydrogens is 364 g/mol. The first-order valence-corrected chi connectivity index (χ1v) is 9.29. The number of hydrogen-bond donors (Lipinski definition) is 1. The van der Waals surface area contributed by atoms with E-state index in [1.165, 1.54) is 6.07 Å². The summed E-state index contributed by atoms with van der Waals surface area (Å²) in [5.74, 6) is -0.792. The van der Waals surface area contributed by atoms with Crippen LogP contribution >= 0.6 is 0 Å². The van der Waals surface area contributed by atoms with Crippen LogP contribution in [0.4, 0.5) is 17.6 Å². The number of amides is 1. The quantitative estimate of drug-likeness (QED) is 0.810. The number of fused-ring (bicyclic) bond motifs is 1. The summed E-state index contributed by atoms with van der Waals surface area (Å²) in [6.07, 6.45) is -2.68. The van der Waals surface area contributed by atoms with Crippen molar-refractivity contribution in [3.05, 3.63) is 35.1 Å². The second kappa shape index (κ2) is 7.05. The van der Waals surface area contributed by atoms with Crippen LogP contribution in [0, 0.1) is 23.6 Å². The molecule has 0 bridgehead atoms. The third-order valence-electron chi connectivity index (χ3n) is 6.04. The van der Waals surface area contributed by atoms with E-state index in [4.69, 9.17) is 4.74 Å². The van der Waals surface area contributed by atoms with Gasteiger partial charge in [0.25, 0.3) is 0 Å². The highest BCUT2D eigenvalue weighted by Crippen LogP contribution is 2.52. The van der Waals surface area contributed by atoms with Crippen LogP contribution in [-0.2, 0) is 22.3 Å². The third kappa shape index (κ3) is 3.82. The number of alkyl halides is 3. The van der Waals surface area contributed by atoms with Gasteiger partial charge < -0.3 is 10.1 Å². The van der Waals surface area contributed by atoms with Crippen molar-refractivity contribution < 1.29 is 27.1 Å². The number of carbonyl (C=O) groups is 1. The van der Waals surface area contributed by atoms with Gasteiger partial charge >= 0.3 is 6.18 Å². The van der Waals surface area contributed by atoms with Gasteiger partial charge in [-0.25, -0.2) is 4.39 Å². The summed E-state index contributed by atoms with van der Waals surface area (Å²) >= 11 is 0. The van der Waals surface area contributed by atoms with E-state index in [-0.39, 0.29) is 23.9 Å². The lowest BCUT2D eigenvalue weighted by molar-refractivity contribution is -0.140. The van der Waals surface area contributed by atoms with Crippen LogP contribution in [0.25, 0.3) is 0 Å². The van der Waals surface area contributed by atoms with Gasteiger partial charge in [-0.05, 0) is 42.4 Å². The summed E-state index contributed by atoms with van der Waals surface area (Å²) < 4.78 is 57.0. The molecular formula is C19H22F4N2O2. The summed E-state index contributed by atoms with van der Waals surface area (Å²) in [4.78, 5) is 14.8. The molecule has 4 rings (SSSR count). The first-order chi connectivity index (χ1) is 12.8. The van der Waals surface area contributed by atoms with Gasteiger partial charge in [0.15, 0.2) is 0 Å². The number of benzene rings is 1. The topological polar surface area (TPSA) is 41.6 Å². The van der Waals surface area contributed by atoms with Crippen molar-refractivity contribution in [1.29, 1.82) is 0 Å². The van der Waals surface area contributed by atoms with E-state index in [0.717, 1.165) is 51.3 Å². The Morgan fingerprint density at radius 3 is 2.48 bits per heavy atom. The number of likely N-dealkylation sites (tertiary alicyclic amines) is 1. The number of rotatable bonds is 4. The molecule has 0 spiro atoms. The van der Waals surface area contributed by atoms with Gasteiger partial charge in [-0.1, -0.05) is 6.07 Å². The number of ether oxygens (including phenoxy) is 1. The lowest BCUT2D eigenvalue weighted by Crippen LogP contribution is -2.40. The Hall–Kier alpha value is -1.67. The zero-order valence-corrected chi connectivity index (χ0v) is 14.8. The van der Waals surface area contributed by atoms with Crippen molar-refractivity contribution in [2.75, 3.05) is 26.3 Å². The van der Waals surface area contributed by atoms with E-state index in [1.807, 2.05) is 0 Å². The number of nitrogens with zero attached hydrogens (tertiary/aromatic N) is 1. The molecule has 2 atom stereocenters. The van der Waals surface area contributed by atoms with Crippen molar-refractivity contribution in [2.45, 2.75) is 31.6 Å². The third-order valence-corrected chi connectivity index (χ3v) is 6.04. The Balaban J connectivity index is 1.28. The van der Waals surface area contributed by atoms with Gasteiger partial charge in [0.2, 0.25) is 5.91 Å². The lowest BCUT2D eigenvalue weighted by atomic mass is 10.1. The van der Waals surface area contributed by atoms with Gasteiger partial charge in [-0.15, -0.1) is 0 Å². The fourth-order valence-corrected chi connectivity index (χ4v) is 4.50. The van der Waals surface area contributed by atoms with E-state index >= 15 is 0 Å². The van der Waals surface area contributed by atoms with Crippen LogP contribution in [0.5, 0.6) is 0 Å². The molecule has 2 aliphatic heterocycles. The molecule has 0 aromatic heterocycles. The first-order valence-electron chi connectivity index (χ1n) is 9.29. The van der Waals surface area contributed by atoms with Crippen molar-refractivity contribution in [3.8, 4) is 0 Å². The van der Waals surface area contributed by atoms with Gasteiger partial charge in [0.05, 0.1) is 5.56 Å². The Morgan fingerprint density at radius 2 is 1.85 bits per heavy atom. The summed E-state index contributed by atoms with van der Waals surface area (Å²) in [6.45, 7) is 3.36. The molecule has 4 nitrogen and oxygen atoms in total. The van der Waals surface area contributed by atoms with Gasteiger partial charge in [-0.3, -0.25) is 9.69 Å². The minimum absolute atomic E-state index is 0.0260. The smallest absolute Gasteiger partial charge is 0.381 e. The average Bonchev–Trinajstić information content (AvgIpc) is 3.14. The van der Waals surface area contributed by atoms with Crippen molar-refractivity contribution in [3.63, 3.8) is 0 Å². The number of nitrogens with one attached hydrogen (secondary N) is 1. The predicted molar refractivity (Wildman–Crippen MR) is 89.1 cm³/mol. The molecule has 1 aromatic carbocycles. The van der Waals surface area contributed by atoms with Crippen LogP contribution in [-0.4, -0.2) is 43.2 Å². The maximum Gasteiger partial charge on any atom is 0.419 e. The van der Waals surface area contributed by atoms with E-state index in [2.05, 4.69) is 10.2 Å². The highest BCUT2D eigenvalue weighted by atomic mass is 19.4. The first kappa shape index (κ1) is 18.7. The van der Waals surface area contributed by atoms with Crippen molar-refractivity contribution in [1.82, 2.24) is 10.2 Å².